The van der Waals surface area contributed by atoms with Gasteiger partial charge in [0.2, 0.25) is 0 Å². The van der Waals surface area contributed by atoms with Crippen LogP contribution in [-0.4, -0.2) is 50.2 Å². The summed E-state index contributed by atoms with van der Waals surface area (Å²) < 4.78 is 10.9. The molecule has 0 saturated heterocycles. The molecule has 0 unspecified atom stereocenters. The van der Waals surface area contributed by atoms with E-state index in [2.05, 4.69) is 15.3 Å². The van der Waals surface area contributed by atoms with Gasteiger partial charge in [-0.25, -0.2) is 4.98 Å². The average molecular weight is 442 g/mol. The second-order valence-electron chi connectivity index (χ2n) is 7.71. The molecule has 162 valence electrons. The number of methoxy groups -OCH3 is 1. The van der Waals surface area contributed by atoms with E-state index in [1.165, 1.54) is 7.11 Å². The van der Waals surface area contributed by atoms with Crippen LogP contribution in [0.2, 0.25) is 5.15 Å². The molecule has 3 rings (SSSR count). The number of hydrogen-bond acceptors (Lipinski definition) is 6. The van der Waals surface area contributed by atoms with Crippen molar-refractivity contribution in [1.82, 2.24) is 10.3 Å². The molecule has 1 aromatic heterocycles. The second-order valence-corrected chi connectivity index (χ2v) is 8.07. The molecular formula is C23H24ClN3O4. The SMILES string of the molecule is CN=C/C=C\c1cc(OC)cc(C(=O)NCC(=O)c2cc3c(c(Cl)n2)OCC3(C)C)c1. The van der Waals surface area contributed by atoms with Crippen molar-refractivity contribution < 1.29 is 19.1 Å². The van der Waals surface area contributed by atoms with Gasteiger partial charge in [-0.15, -0.1) is 0 Å². The van der Waals surface area contributed by atoms with E-state index in [4.69, 9.17) is 21.1 Å². The number of nitrogens with one attached hydrogen (secondary N) is 1. The van der Waals surface area contributed by atoms with Crippen molar-refractivity contribution in [3.8, 4) is 11.5 Å². The largest absolute Gasteiger partial charge is 0.497 e. The molecule has 31 heavy (non-hydrogen) atoms. The molecule has 0 fully saturated rings. The van der Waals surface area contributed by atoms with Gasteiger partial charge in [-0.2, -0.15) is 0 Å². The van der Waals surface area contributed by atoms with Gasteiger partial charge in [0.05, 0.1) is 20.3 Å². The number of ether oxygens (including phenoxy) is 2. The zero-order valence-corrected chi connectivity index (χ0v) is 18.6. The van der Waals surface area contributed by atoms with Crippen LogP contribution < -0.4 is 14.8 Å². The maximum absolute atomic E-state index is 12.7. The Bertz CT molecular complexity index is 1080. The fourth-order valence-electron chi connectivity index (χ4n) is 3.18. The monoisotopic (exact) mass is 441 g/mol. The molecule has 0 radical (unpaired) electrons. The predicted molar refractivity (Wildman–Crippen MR) is 121 cm³/mol. The molecule has 1 aliphatic rings. The molecule has 0 spiro atoms. The fraction of sp³-hybridized carbons (Fsp3) is 0.304. The first-order chi connectivity index (χ1) is 14.7. The van der Waals surface area contributed by atoms with E-state index in [0.717, 1.165) is 11.1 Å². The third-order valence-electron chi connectivity index (χ3n) is 4.88. The number of Topliss-reactive ketones (excluding diaryl/α,β-unsaturated/α-hetero) is 1. The molecule has 0 aliphatic carbocycles. The summed E-state index contributed by atoms with van der Waals surface area (Å²) in [5.74, 6) is 0.295. The Balaban J connectivity index is 1.75. The number of rotatable bonds is 7. The van der Waals surface area contributed by atoms with Crippen LogP contribution in [0.15, 0.2) is 35.3 Å². The maximum atomic E-state index is 12.7. The molecule has 1 amide bonds. The molecule has 0 saturated carbocycles. The van der Waals surface area contributed by atoms with Gasteiger partial charge in [-0.1, -0.05) is 31.5 Å². The zero-order chi connectivity index (χ0) is 22.6. The number of halogens is 1. The fourth-order valence-corrected chi connectivity index (χ4v) is 3.42. The quantitative estimate of drug-likeness (QED) is 0.401. The lowest BCUT2D eigenvalue weighted by atomic mass is 9.87. The maximum Gasteiger partial charge on any atom is 0.251 e. The Hall–Kier alpha value is -3.19. The molecule has 7 nitrogen and oxygen atoms in total. The summed E-state index contributed by atoms with van der Waals surface area (Å²) in [5.41, 5.74) is 1.89. The van der Waals surface area contributed by atoms with Crippen LogP contribution in [-0.2, 0) is 5.41 Å². The Morgan fingerprint density at radius 2 is 2.10 bits per heavy atom. The summed E-state index contributed by atoms with van der Waals surface area (Å²) in [5, 5.41) is 2.79. The minimum atomic E-state index is -0.401. The van der Waals surface area contributed by atoms with Crippen molar-refractivity contribution in [3.63, 3.8) is 0 Å². The molecular weight excluding hydrogens is 418 g/mol. The highest BCUT2D eigenvalue weighted by Crippen LogP contribution is 2.42. The van der Waals surface area contributed by atoms with E-state index in [0.29, 0.717) is 23.7 Å². The van der Waals surface area contributed by atoms with Crippen LogP contribution in [0.1, 0.15) is 45.8 Å². The lowest BCUT2D eigenvalue weighted by Gasteiger charge is -2.15. The number of hydrogen-bond donors (Lipinski definition) is 1. The van der Waals surface area contributed by atoms with Crippen molar-refractivity contribution in [3.05, 3.63) is 57.9 Å². The molecule has 8 heteroatoms. The minimum absolute atomic E-state index is 0.151. The van der Waals surface area contributed by atoms with Crippen molar-refractivity contribution in [1.29, 1.82) is 0 Å². The summed E-state index contributed by atoms with van der Waals surface area (Å²) >= 11 is 6.20. The highest BCUT2D eigenvalue weighted by molar-refractivity contribution is 6.31. The number of carbonyl (C=O) groups is 2. The van der Waals surface area contributed by atoms with Gasteiger partial charge in [0, 0.05) is 29.8 Å². The number of nitrogens with zero attached hydrogens (tertiary/aromatic N) is 2. The summed E-state index contributed by atoms with van der Waals surface area (Å²) in [6, 6.07) is 6.79. The van der Waals surface area contributed by atoms with E-state index in [-0.39, 0.29) is 28.6 Å². The first-order valence-corrected chi connectivity index (χ1v) is 10.1. The lowest BCUT2D eigenvalue weighted by Crippen LogP contribution is -2.30. The van der Waals surface area contributed by atoms with E-state index in [9.17, 15) is 9.59 Å². The Kier molecular flexibility index (Phi) is 6.75. The second kappa shape index (κ2) is 9.31. The van der Waals surface area contributed by atoms with Crippen LogP contribution in [0.4, 0.5) is 0 Å². The summed E-state index contributed by atoms with van der Waals surface area (Å²) in [6.07, 6.45) is 5.20. The number of fused-ring (bicyclic) bond motifs is 1. The number of amides is 1. The van der Waals surface area contributed by atoms with Crippen LogP contribution >= 0.6 is 11.6 Å². The van der Waals surface area contributed by atoms with Crippen LogP contribution in [0.5, 0.6) is 11.5 Å². The predicted octanol–water partition coefficient (Wildman–Crippen LogP) is 3.74. The smallest absolute Gasteiger partial charge is 0.251 e. The molecule has 0 bridgehead atoms. The highest BCUT2D eigenvalue weighted by atomic mass is 35.5. The summed E-state index contributed by atoms with van der Waals surface area (Å²) in [4.78, 5) is 33.4. The van der Waals surface area contributed by atoms with Crippen molar-refractivity contribution in [2.45, 2.75) is 19.3 Å². The number of benzene rings is 1. The number of ketones is 1. The van der Waals surface area contributed by atoms with Gasteiger partial charge in [0.15, 0.2) is 16.7 Å². The number of allylic oxidation sites excluding steroid dienone is 1. The van der Waals surface area contributed by atoms with E-state index in [1.54, 1.807) is 49.7 Å². The number of pyridine rings is 1. The van der Waals surface area contributed by atoms with Gasteiger partial charge in [-0.3, -0.25) is 14.6 Å². The Morgan fingerprint density at radius 3 is 2.81 bits per heavy atom. The molecule has 1 N–H and O–H groups in total. The van der Waals surface area contributed by atoms with Crippen LogP contribution in [0.25, 0.3) is 6.08 Å². The summed E-state index contributed by atoms with van der Waals surface area (Å²) in [6.45, 7) is 4.26. The zero-order valence-electron chi connectivity index (χ0n) is 17.9. The molecule has 0 atom stereocenters. The van der Waals surface area contributed by atoms with Gasteiger partial charge >= 0.3 is 0 Å². The van der Waals surface area contributed by atoms with E-state index in [1.807, 2.05) is 13.8 Å². The first kappa shape index (κ1) is 22.5. The highest BCUT2D eigenvalue weighted by Gasteiger charge is 2.35. The van der Waals surface area contributed by atoms with Crippen molar-refractivity contribution >= 4 is 35.6 Å². The molecule has 2 heterocycles. The lowest BCUT2D eigenvalue weighted by molar-refractivity contribution is 0.0902. The third-order valence-corrected chi connectivity index (χ3v) is 5.14. The molecule has 2 aromatic rings. The Morgan fingerprint density at radius 1 is 1.32 bits per heavy atom. The topological polar surface area (TPSA) is 89.9 Å². The third kappa shape index (κ3) is 5.11. The van der Waals surface area contributed by atoms with E-state index >= 15 is 0 Å². The first-order valence-electron chi connectivity index (χ1n) is 9.68. The molecule has 1 aliphatic heterocycles. The van der Waals surface area contributed by atoms with Gasteiger partial charge in [0.1, 0.15) is 11.4 Å². The normalized spacial score (nSPS) is 14.5. The van der Waals surface area contributed by atoms with Gasteiger partial charge in [0.25, 0.3) is 5.91 Å². The average Bonchev–Trinajstić information content (AvgIpc) is 3.06. The number of aromatic nitrogens is 1. The van der Waals surface area contributed by atoms with Crippen molar-refractivity contribution in [2.75, 3.05) is 27.3 Å². The molecule has 1 aromatic carbocycles. The summed E-state index contributed by atoms with van der Waals surface area (Å²) in [7, 11) is 3.19. The van der Waals surface area contributed by atoms with Gasteiger partial charge in [-0.05, 0) is 35.9 Å². The minimum Gasteiger partial charge on any atom is -0.497 e. The standard InChI is InChI=1S/C23H24ClN3O4/c1-23(2)13-31-20-17(23)11-18(27-21(20)24)19(28)12-26-22(29)15-8-14(6-5-7-25-3)9-16(10-15)30-4/h5-11H,12-13H2,1-4H3,(H,26,29)/b6-5-,25-7?. The van der Waals surface area contributed by atoms with Crippen LogP contribution in [0.3, 0.4) is 0 Å². The van der Waals surface area contributed by atoms with Crippen LogP contribution in [0, 0.1) is 0 Å². The van der Waals surface area contributed by atoms with Gasteiger partial charge < -0.3 is 14.8 Å². The number of aliphatic imine (C=N–C) groups is 1. The van der Waals surface area contributed by atoms with E-state index < -0.39 is 5.91 Å². The number of carbonyl (C=O) groups excluding carboxylic acids is 2. The van der Waals surface area contributed by atoms with Crippen molar-refractivity contribution in [2.24, 2.45) is 4.99 Å². The Labute approximate surface area is 186 Å².